The van der Waals surface area contributed by atoms with Gasteiger partial charge in [0.05, 0.1) is 6.26 Å². The van der Waals surface area contributed by atoms with Crippen LogP contribution in [0.5, 0.6) is 0 Å². The smallest absolute Gasteiger partial charge is 0.305 e. The highest BCUT2D eigenvalue weighted by molar-refractivity contribution is 6.30. The molecule has 0 saturated heterocycles. The Bertz CT molecular complexity index is 661. The number of nitrogens with one attached hydrogen (secondary N) is 2. The standard InChI is InChI=1S/C15H13ClN2O3/c1-10(17-18-15(20)14-3-2-8-21-14)9-13(19)11-4-6-12(16)7-5-11/h2-9,17H,1H3,(H,18,20)/b10-9-. The highest BCUT2D eigenvalue weighted by Gasteiger charge is 2.08. The summed E-state index contributed by atoms with van der Waals surface area (Å²) in [6.07, 6.45) is 2.79. The Morgan fingerprint density at radius 3 is 2.48 bits per heavy atom. The average molecular weight is 305 g/mol. The first-order valence-electron chi connectivity index (χ1n) is 6.14. The van der Waals surface area contributed by atoms with E-state index in [1.807, 2.05) is 0 Å². The van der Waals surface area contributed by atoms with Crippen LogP contribution >= 0.6 is 11.6 Å². The van der Waals surface area contributed by atoms with Gasteiger partial charge in [0.25, 0.3) is 0 Å². The molecular weight excluding hydrogens is 292 g/mol. The van der Waals surface area contributed by atoms with E-state index in [0.717, 1.165) is 0 Å². The van der Waals surface area contributed by atoms with Crippen molar-refractivity contribution in [2.45, 2.75) is 6.92 Å². The molecule has 1 aromatic carbocycles. The van der Waals surface area contributed by atoms with Gasteiger partial charge in [0, 0.05) is 22.4 Å². The molecule has 1 heterocycles. The lowest BCUT2D eigenvalue weighted by Gasteiger charge is -2.07. The van der Waals surface area contributed by atoms with E-state index in [2.05, 4.69) is 10.9 Å². The molecule has 2 N–H and O–H groups in total. The van der Waals surface area contributed by atoms with Crippen LogP contribution in [-0.4, -0.2) is 11.7 Å². The van der Waals surface area contributed by atoms with Crippen LogP contribution in [0.1, 0.15) is 27.8 Å². The third-order valence-electron chi connectivity index (χ3n) is 2.59. The minimum absolute atomic E-state index is 0.180. The highest BCUT2D eigenvalue weighted by Crippen LogP contribution is 2.10. The Balaban J connectivity index is 1.93. The number of ketones is 1. The van der Waals surface area contributed by atoms with Crippen LogP contribution in [0.2, 0.25) is 5.02 Å². The molecule has 0 aliphatic rings. The molecule has 2 rings (SSSR count). The molecule has 0 spiro atoms. The fourth-order valence-corrected chi connectivity index (χ4v) is 1.68. The van der Waals surface area contributed by atoms with E-state index < -0.39 is 5.91 Å². The minimum atomic E-state index is -0.424. The van der Waals surface area contributed by atoms with E-state index in [0.29, 0.717) is 16.3 Å². The summed E-state index contributed by atoms with van der Waals surface area (Å²) in [5.74, 6) is -0.435. The van der Waals surface area contributed by atoms with Gasteiger partial charge in [0.2, 0.25) is 0 Å². The molecule has 0 aliphatic carbocycles. The first kappa shape index (κ1) is 14.9. The van der Waals surface area contributed by atoms with E-state index in [-0.39, 0.29) is 11.5 Å². The monoisotopic (exact) mass is 304 g/mol. The lowest BCUT2D eigenvalue weighted by Crippen LogP contribution is -2.36. The van der Waals surface area contributed by atoms with E-state index in [1.54, 1.807) is 37.3 Å². The van der Waals surface area contributed by atoms with Gasteiger partial charge in [0.15, 0.2) is 11.5 Å². The Morgan fingerprint density at radius 2 is 1.86 bits per heavy atom. The Morgan fingerprint density at radius 1 is 1.14 bits per heavy atom. The van der Waals surface area contributed by atoms with E-state index >= 15 is 0 Å². The number of rotatable bonds is 5. The zero-order chi connectivity index (χ0) is 15.2. The molecule has 0 saturated carbocycles. The SMILES string of the molecule is C/C(=C/C(=O)c1ccc(Cl)cc1)NNC(=O)c1ccco1. The van der Waals surface area contributed by atoms with Gasteiger partial charge in [-0.2, -0.15) is 0 Å². The van der Waals surface area contributed by atoms with Gasteiger partial charge < -0.3 is 9.84 Å². The second kappa shape index (κ2) is 6.76. The Kier molecular flexibility index (Phi) is 4.79. The number of allylic oxidation sites excluding steroid dienone is 2. The number of hydrogen-bond acceptors (Lipinski definition) is 4. The molecule has 108 valence electrons. The van der Waals surface area contributed by atoms with Gasteiger partial charge in [-0.25, -0.2) is 0 Å². The van der Waals surface area contributed by atoms with Crippen molar-refractivity contribution in [1.82, 2.24) is 10.9 Å². The number of carbonyl (C=O) groups excluding carboxylic acids is 2. The van der Waals surface area contributed by atoms with Gasteiger partial charge in [0.1, 0.15) is 0 Å². The minimum Gasteiger partial charge on any atom is -0.459 e. The quantitative estimate of drug-likeness (QED) is 0.506. The molecule has 0 radical (unpaired) electrons. The van der Waals surface area contributed by atoms with Crippen molar-refractivity contribution in [2.75, 3.05) is 0 Å². The molecule has 0 aliphatic heterocycles. The molecule has 5 nitrogen and oxygen atoms in total. The molecule has 0 fully saturated rings. The molecule has 1 amide bonds. The maximum absolute atomic E-state index is 11.9. The van der Waals surface area contributed by atoms with Crippen LogP contribution in [-0.2, 0) is 0 Å². The van der Waals surface area contributed by atoms with Crippen LogP contribution in [0.3, 0.4) is 0 Å². The van der Waals surface area contributed by atoms with Gasteiger partial charge in [-0.15, -0.1) is 0 Å². The number of amides is 1. The van der Waals surface area contributed by atoms with Crippen LogP contribution in [0.4, 0.5) is 0 Å². The summed E-state index contributed by atoms with van der Waals surface area (Å²) in [4.78, 5) is 23.6. The first-order valence-corrected chi connectivity index (χ1v) is 6.52. The highest BCUT2D eigenvalue weighted by atomic mass is 35.5. The third kappa shape index (κ3) is 4.22. The molecular formula is C15H13ClN2O3. The molecule has 6 heteroatoms. The number of halogens is 1. The van der Waals surface area contributed by atoms with Crippen molar-refractivity contribution >= 4 is 23.3 Å². The third-order valence-corrected chi connectivity index (χ3v) is 2.85. The number of hydrazine groups is 1. The lowest BCUT2D eigenvalue weighted by molar-refractivity contribution is 0.0909. The summed E-state index contributed by atoms with van der Waals surface area (Å²) >= 11 is 5.76. The number of carbonyl (C=O) groups is 2. The second-order valence-electron chi connectivity index (χ2n) is 4.25. The number of furan rings is 1. The number of benzene rings is 1. The fraction of sp³-hybridized carbons (Fsp3) is 0.0667. The summed E-state index contributed by atoms with van der Waals surface area (Å²) in [6, 6.07) is 9.70. The summed E-state index contributed by atoms with van der Waals surface area (Å²) in [6.45, 7) is 1.66. The lowest BCUT2D eigenvalue weighted by atomic mass is 10.1. The predicted molar refractivity (Wildman–Crippen MR) is 78.8 cm³/mol. The average Bonchev–Trinajstić information content (AvgIpc) is 2.99. The summed E-state index contributed by atoms with van der Waals surface area (Å²) in [5.41, 5.74) is 6.07. The van der Waals surface area contributed by atoms with Gasteiger partial charge in [-0.1, -0.05) is 11.6 Å². The predicted octanol–water partition coefficient (Wildman–Crippen LogP) is 2.95. The Labute approximate surface area is 126 Å². The summed E-state index contributed by atoms with van der Waals surface area (Å²) in [7, 11) is 0. The maximum atomic E-state index is 11.9. The van der Waals surface area contributed by atoms with Crippen molar-refractivity contribution in [2.24, 2.45) is 0 Å². The summed E-state index contributed by atoms with van der Waals surface area (Å²) in [5, 5.41) is 0.566. The van der Waals surface area contributed by atoms with Gasteiger partial charge in [-0.3, -0.25) is 15.0 Å². The van der Waals surface area contributed by atoms with Crippen LogP contribution in [0.15, 0.2) is 58.9 Å². The first-order chi connectivity index (χ1) is 10.1. The normalized spacial score (nSPS) is 11.0. The van der Waals surface area contributed by atoms with E-state index in [4.69, 9.17) is 16.0 Å². The van der Waals surface area contributed by atoms with Crippen molar-refractivity contribution in [3.8, 4) is 0 Å². The second-order valence-corrected chi connectivity index (χ2v) is 4.69. The molecule has 2 aromatic rings. The largest absolute Gasteiger partial charge is 0.459 e. The molecule has 0 bridgehead atoms. The van der Waals surface area contributed by atoms with E-state index in [9.17, 15) is 9.59 Å². The molecule has 1 aromatic heterocycles. The topological polar surface area (TPSA) is 71.3 Å². The maximum Gasteiger partial charge on any atom is 0.305 e. The zero-order valence-corrected chi connectivity index (χ0v) is 12.0. The molecule has 0 unspecified atom stereocenters. The zero-order valence-electron chi connectivity index (χ0n) is 11.2. The molecule has 21 heavy (non-hydrogen) atoms. The molecule has 0 atom stereocenters. The summed E-state index contributed by atoms with van der Waals surface area (Å²) < 4.78 is 4.94. The fourth-order valence-electron chi connectivity index (χ4n) is 1.55. The Hall–Kier alpha value is -2.53. The van der Waals surface area contributed by atoms with Crippen LogP contribution < -0.4 is 10.9 Å². The van der Waals surface area contributed by atoms with Crippen LogP contribution in [0.25, 0.3) is 0 Å². The van der Waals surface area contributed by atoms with Crippen molar-refractivity contribution in [1.29, 1.82) is 0 Å². The number of hydrogen-bond donors (Lipinski definition) is 2. The van der Waals surface area contributed by atoms with Crippen molar-refractivity contribution < 1.29 is 14.0 Å². The van der Waals surface area contributed by atoms with Gasteiger partial charge >= 0.3 is 5.91 Å². The van der Waals surface area contributed by atoms with E-state index in [1.165, 1.54) is 18.4 Å². The van der Waals surface area contributed by atoms with Crippen LogP contribution in [0, 0.1) is 0 Å². The van der Waals surface area contributed by atoms with Gasteiger partial charge in [-0.05, 0) is 43.3 Å². The van der Waals surface area contributed by atoms with Crippen molar-refractivity contribution in [3.05, 3.63) is 70.8 Å². The van der Waals surface area contributed by atoms with Crippen molar-refractivity contribution in [3.63, 3.8) is 0 Å².